The number of carboxylic acid groups (broad SMARTS) is 1. The molecule has 21 heavy (non-hydrogen) atoms. The highest BCUT2D eigenvalue weighted by atomic mass is 16.5. The van der Waals surface area contributed by atoms with Gasteiger partial charge in [-0.3, -0.25) is 14.4 Å². The number of hydrogen-bond acceptors (Lipinski definition) is 5. The molecule has 0 radical (unpaired) electrons. The van der Waals surface area contributed by atoms with Crippen molar-refractivity contribution < 1.29 is 29.0 Å². The fourth-order valence-corrected chi connectivity index (χ4v) is 2.06. The van der Waals surface area contributed by atoms with Crippen LogP contribution in [0.5, 0.6) is 0 Å². The number of primary amides is 1. The molecule has 1 unspecified atom stereocenters. The summed E-state index contributed by atoms with van der Waals surface area (Å²) in [6.45, 7) is 0.944. The highest BCUT2D eigenvalue weighted by Crippen LogP contribution is 2.18. The van der Waals surface area contributed by atoms with E-state index in [9.17, 15) is 19.2 Å². The van der Waals surface area contributed by atoms with E-state index in [0.29, 0.717) is 13.2 Å². The topological polar surface area (TPSA) is 139 Å². The van der Waals surface area contributed by atoms with E-state index in [-0.39, 0.29) is 18.9 Å². The van der Waals surface area contributed by atoms with Gasteiger partial charge in [-0.05, 0) is 0 Å². The molecule has 1 fully saturated rings. The summed E-state index contributed by atoms with van der Waals surface area (Å²) in [5.74, 6) is -3.57. The predicted octanol–water partition coefficient (Wildman–Crippen LogP) is -2.07. The van der Waals surface area contributed by atoms with Gasteiger partial charge in [-0.1, -0.05) is 0 Å². The molecular formula is C12H19N3O6. The quantitative estimate of drug-likeness (QED) is 0.470. The van der Waals surface area contributed by atoms with E-state index < -0.39 is 36.2 Å². The molecule has 1 heterocycles. The molecule has 0 bridgehead atoms. The van der Waals surface area contributed by atoms with Crippen molar-refractivity contribution in [1.82, 2.24) is 10.2 Å². The number of amides is 3. The van der Waals surface area contributed by atoms with E-state index in [1.54, 1.807) is 0 Å². The Kier molecular flexibility index (Phi) is 6.10. The number of methoxy groups -OCH3 is 1. The van der Waals surface area contributed by atoms with Crippen LogP contribution in [-0.2, 0) is 23.9 Å². The Morgan fingerprint density at radius 3 is 2.71 bits per heavy atom. The first kappa shape index (κ1) is 16.9. The SMILES string of the molecule is COCCN1CC(C(=O)N[C@@H](CC(N)=O)C(=O)O)CC1=O. The van der Waals surface area contributed by atoms with Crippen LogP contribution in [0.2, 0.25) is 0 Å². The molecule has 0 aliphatic carbocycles. The van der Waals surface area contributed by atoms with Crippen LogP contribution in [0.4, 0.5) is 0 Å². The van der Waals surface area contributed by atoms with Gasteiger partial charge in [0.05, 0.1) is 18.9 Å². The Balaban J connectivity index is 2.57. The zero-order chi connectivity index (χ0) is 16.0. The van der Waals surface area contributed by atoms with Gasteiger partial charge in [0.2, 0.25) is 17.7 Å². The molecule has 0 spiro atoms. The monoisotopic (exact) mass is 301 g/mol. The van der Waals surface area contributed by atoms with Crippen LogP contribution in [-0.4, -0.2) is 66.5 Å². The number of carbonyl (C=O) groups excluding carboxylic acids is 3. The maximum Gasteiger partial charge on any atom is 0.326 e. The second-order valence-corrected chi connectivity index (χ2v) is 4.80. The summed E-state index contributed by atoms with van der Waals surface area (Å²) >= 11 is 0. The van der Waals surface area contributed by atoms with Crippen molar-refractivity contribution in [3.8, 4) is 0 Å². The van der Waals surface area contributed by atoms with Crippen LogP contribution in [0.3, 0.4) is 0 Å². The van der Waals surface area contributed by atoms with Crippen LogP contribution in [0.25, 0.3) is 0 Å². The van der Waals surface area contributed by atoms with E-state index in [4.69, 9.17) is 15.6 Å². The number of nitrogens with one attached hydrogen (secondary N) is 1. The summed E-state index contributed by atoms with van der Waals surface area (Å²) in [5, 5.41) is 11.2. The molecule has 0 aromatic carbocycles. The molecule has 1 aliphatic rings. The zero-order valence-electron chi connectivity index (χ0n) is 11.7. The van der Waals surface area contributed by atoms with Crippen molar-refractivity contribution in [1.29, 1.82) is 0 Å². The van der Waals surface area contributed by atoms with Gasteiger partial charge in [0.1, 0.15) is 6.04 Å². The maximum absolute atomic E-state index is 12.0. The minimum atomic E-state index is -1.38. The first-order valence-electron chi connectivity index (χ1n) is 6.43. The fraction of sp³-hybridized carbons (Fsp3) is 0.667. The fourth-order valence-electron chi connectivity index (χ4n) is 2.06. The van der Waals surface area contributed by atoms with Crippen molar-refractivity contribution in [2.75, 3.05) is 26.8 Å². The van der Waals surface area contributed by atoms with Crippen LogP contribution in [0, 0.1) is 5.92 Å². The summed E-state index contributed by atoms with van der Waals surface area (Å²) in [5.41, 5.74) is 4.93. The third-order valence-electron chi connectivity index (χ3n) is 3.17. The van der Waals surface area contributed by atoms with Crippen LogP contribution in [0.15, 0.2) is 0 Å². The van der Waals surface area contributed by atoms with E-state index in [2.05, 4.69) is 5.32 Å². The lowest BCUT2D eigenvalue weighted by Crippen LogP contribution is -2.46. The number of carboxylic acids is 1. The van der Waals surface area contributed by atoms with Crippen molar-refractivity contribution in [3.63, 3.8) is 0 Å². The third-order valence-corrected chi connectivity index (χ3v) is 3.17. The molecule has 1 rings (SSSR count). The largest absolute Gasteiger partial charge is 0.480 e. The molecule has 4 N–H and O–H groups in total. The van der Waals surface area contributed by atoms with Gasteiger partial charge in [-0.2, -0.15) is 0 Å². The lowest BCUT2D eigenvalue weighted by atomic mass is 10.1. The number of nitrogens with zero attached hydrogens (tertiary/aromatic N) is 1. The van der Waals surface area contributed by atoms with Crippen LogP contribution >= 0.6 is 0 Å². The Labute approximate surface area is 121 Å². The van der Waals surface area contributed by atoms with Crippen molar-refractivity contribution >= 4 is 23.7 Å². The lowest BCUT2D eigenvalue weighted by Gasteiger charge is -2.17. The number of hydrogen-bond donors (Lipinski definition) is 3. The van der Waals surface area contributed by atoms with Gasteiger partial charge < -0.3 is 25.8 Å². The number of likely N-dealkylation sites (tertiary alicyclic amines) is 1. The maximum atomic E-state index is 12.0. The van der Waals surface area contributed by atoms with Gasteiger partial charge in [-0.15, -0.1) is 0 Å². The Morgan fingerprint density at radius 1 is 1.52 bits per heavy atom. The minimum absolute atomic E-state index is 0.0124. The normalized spacial score (nSPS) is 19.4. The molecule has 0 aromatic heterocycles. The summed E-state index contributed by atoms with van der Waals surface area (Å²) in [6.07, 6.45) is -0.479. The van der Waals surface area contributed by atoms with E-state index >= 15 is 0 Å². The molecule has 0 saturated carbocycles. The van der Waals surface area contributed by atoms with Gasteiger partial charge in [0.25, 0.3) is 0 Å². The number of nitrogens with two attached hydrogens (primary N) is 1. The van der Waals surface area contributed by atoms with Gasteiger partial charge in [-0.25, -0.2) is 4.79 Å². The molecule has 3 amide bonds. The lowest BCUT2D eigenvalue weighted by molar-refractivity contribution is -0.143. The molecule has 9 nitrogen and oxygen atoms in total. The van der Waals surface area contributed by atoms with Crippen LogP contribution in [0.1, 0.15) is 12.8 Å². The Morgan fingerprint density at radius 2 is 2.19 bits per heavy atom. The van der Waals surface area contributed by atoms with Gasteiger partial charge in [0, 0.05) is 26.6 Å². The van der Waals surface area contributed by atoms with Crippen molar-refractivity contribution in [3.05, 3.63) is 0 Å². The van der Waals surface area contributed by atoms with E-state index in [1.165, 1.54) is 12.0 Å². The predicted molar refractivity (Wildman–Crippen MR) is 69.9 cm³/mol. The average molecular weight is 301 g/mol. The summed E-state index contributed by atoms with van der Waals surface area (Å²) in [6, 6.07) is -1.38. The average Bonchev–Trinajstić information content (AvgIpc) is 2.76. The standard InChI is InChI=1S/C12H19N3O6/c1-21-3-2-15-6-7(4-10(15)17)11(18)14-8(12(19)20)5-9(13)16/h7-8H,2-6H2,1H3,(H2,13,16)(H,14,18)(H,19,20)/t7?,8-/m0/s1. The van der Waals surface area contributed by atoms with Gasteiger partial charge >= 0.3 is 5.97 Å². The molecule has 1 saturated heterocycles. The van der Waals surface area contributed by atoms with Crippen molar-refractivity contribution in [2.24, 2.45) is 11.7 Å². The number of aliphatic carboxylic acids is 1. The first-order chi connectivity index (χ1) is 9.85. The highest BCUT2D eigenvalue weighted by molar-refractivity contribution is 5.92. The Hall–Kier alpha value is -2.16. The zero-order valence-corrected chi connectivity index (χ0v) is 11.7. The van der Waals surface area contributed by atoms with Crippen molar-refractivity contribution in [2.45, 2.75) is 18.9 Å². The minimum Gasteiger partial charge on any atom is -0.480 e. The smallest absolute Gasteiger partial charge is 0.326 e. The second kappa shape index (κ2) is 7.58. The molecule has 118 valence electrons. The van der Waals surface area contributed by atoms with Gasteiger partial charge in [0.15, 0.2) is 0 Å². The number of ether oxygens (including phenoxy) is 1. The third kappa shape index (κ3) is 5.03. The molecule has 0 aromatic rings. The summed E-state index contributed by atoms with van der Waals surface area (Å²) < 4.78 is 4.86. The van der Waals surface area contributed by atoms with E-state index in [0.717, 1.165) is 0 Å². The van der Waals surface area contributed by atoms with Crippen LogP contribution < -0.4 is 11.1 Å². The second-order valence-electron chi connectivity index (χ2n) is 4.80. The molecule has 1 aliphatic heterocycles. The summed E-state index contributed by atoms with van der Waals surface area (Å²) in [4.78, 5) is 46.9. The number of carbonyl (C=O) groups is 4. The number of rotatable bonds is 8. The molecular weight excluding hydrogens is 282 g/mol. The summed E-state index contributed by atoms with van der Waals surface area (Å²) in [7, 11) is 1.51. The van der Waals surface area contributed by atoms with E-state index in [1.807, 2.05) is 0 Å². The molecule has 9 heteroatoms. The highest BCUT2D eigenvalue weighted by Gasteiger charge is 2.35. The first-order valence-corrected chi connectivity index (χ1v) is 6.43. The Bertz CT molecular complexity index is 439. The molecule has 2 atom stereocenters.